The Balaban J connectivity index is 1.68. The molecule has 0 unspecified atom stereocenters. The van der Waals surface area contributed by atoms with E-state index in [2.05, 4.69) is 31.2 Å². The van der Waals surface area contributed by atoms with Crippen molar-refractivity contribution in [3.8, 4) is 11.1 Å². The number of carbonyl (C=O) groups excluding carboxylic acids is 1. The SMILES string of the molecule is CCN(CC(=O)O)C1CCN(C(=O)c2sccc2-c2ccc(C)cc2)CC1. The van der Waals surface area contributed by atoms with Gasteiger partial charge in [-0.05, 0) is 43.3 Å². The molecule has 3 rings (SSSR count). The van der Waals surface area contributed by atoms with E-state index in [1.165, 1.54) is 16.9 Å². The number of likely N-dealkylation sites (N-methyl/N-ethyl adjacent to an activating group) is 1. The lowest BCUT2D eigenvalue weighted by Crippen LogP contribution is -2.48. The molecular formula is C21H26N2O3S. The van der Waals surface area contributed by atoms with Gasteiger partial charge in [0, 0.05) is 24.7 Å². The van der Waals surface area contributed by atoms with Crippen LogP contribution >= 0.6 is 11.3 Å². The number of rotatable bonds is 6. The maximum atomic E-state index is 13.1. The molecule has 1 aliphatic heterocycles. The molecule has 1 aromatic heterocycles. The lowest BCUT2D eigenvalue weighted by atomic mass is 10.0. The van der Waals surface area contributed by atoms with Crippen molar-refractivity contribution in [3.05, 3.63) is 46.2 Å². The third-order valence-corrected chi connectivity index (χ3v) is 6.14. The molecule has 6 heteroatoms. The van der Waals surface area contributed by atoms with Gasteiger partial charge in [0.25, 0.3) is 5.91 Å². The van der Waals surface area contributed by atoms with Gasteiger partial charge in [-0.1, -0.05) is 36.8 Å². The minimum absolute atomic E-state index is 0.0671. The van der Waals surface area contributed by atoms with Crippen molar-refractivity contribution in [3.63, 3.8) is 0 Å². The van der Waals surface area contributed by atoms with Gasteiger partial charge in [-0.15, -0.1) is 11.3 Å². The second-order valence-electron chi connectivity index (χ2n) is 7.01. The van der Waals surface area contributed by atoms with Gasteiger partial charge in [-0.3, -0.25) is 14.5 Å². The first-order valence-electron chi connectivity index (χ1n) is 9.39. The maximum Gasteiger partial charge on any atom is 0.317 e. The molecule has 0 spiro atoms. The lowest BCUT2D eigenvalue weighted by molar-refractivity contribution is -0.139. The van der Waals surface area contributed by atoms with Gasteiger partial charge in [0.1, 0.15) is 0 Å². The molecule has 2 heterocycles. The van der Waals surface area contributed by atoms with E-state index in [1.807, 2.05) is 28.2 Å². The lowest BCUT2D eigenvalue weighted by Gasteiger charge is -2.37. The summed E-state index contributed by atoms with van der Waals surface area (Å²) in [7, 11) is 0. The standard InChI is InChI=1S/C21H26N2O3S/c1-3-22(14-19(24)25)17-8-11-23(12-9-17)21(26)20-18(10-13-27-20)16-6-4-15(2)5-7-16/h4-7,10,13,17H,3,8-9,11-12,14H2,1-2H3,(H,24,25). The van der Waals surface area contributed by atoms with Crippen molar-refractivity contribution in [2.24, 2.45) is 0 Å². The van der Waals surface area contributed by atoms with Crippen molar-refractivity contribution in [1.82, 2.24) is 9.80 Å². The third kappa shape index (κ3) is 4.57. The summed E-state index contributed by atoms with van der Waals surface area (Å²) in [6, 6.07) is 10.5. The Morgan fingerprint density at radius 1 is 1.19 bits per heavy atom. The highest BCUT2D eigenvalue weighted by Gasteiger charge is 2.29. The summed E-state index contributed by atoms with van der Waals surface area (Å²) in [5.41, 5.74) is 3.26. The van der Waals surface area contributed by atoms with E-state index >= 15 is 0 Å². The molecule has 1 saturated heterocycles. The van der Waals surface area contributed by atoms with Crippen LogP contribution in [0.4, 0.5) is 0 Å². The number of piperidine rings is 1. The Morgan fingerprint density at radius 2 is 1.85 bits per heavy atom. The zero-order valence-electron chi connectivity index (χ0n) is 15.9. The maximum absolute atomic E-state index is 13.1. The molecule has 0 aliphatic carbocycles. The highest BCUT2D eigenvalue weighted by molar-refractivity contribution is 7.12. The molecule has 0 saturated carbocycles. The second-order valence-corrected chi connectivity index (χ2v) is 7.93. The van der Waals surface area contributed by atoms with E-state index in [-0.39, 0.29) is 18.5 Å². The molecule has 1 fully saturated rings. The van der Waals surface area contributed by atoms with Crippen LogP contribution in [-0.4, -0.2) is 59.0 Å². The summed E-state index contributed by atoms with van der Waals surface area (Å²) < 4.78 is 0. The van der Waals surface area contributed by atoms with Gasteiger partial charge in [0.2, 0.25) is 0 Å². The van der Waals surface area contributed by atoms with Crippen LogP contribution in [0.25, 0.3) is 11.1 Å². The van der Waals surface area contributed by atoms with Crippen molar-refractivity contribution in [2.75, 3.05) is 26.2 Å². The van der Waals surface area contributed by atoms with Crippen molar-refractivity contribution in [1.29, 1.82) is 0 Å². The average molecular weight is 387 g/mol. The molecule has 1 amide bonds. The molecule has 1 aliphatic rings. The van der Waals surface area contributed by atoms with E-state index in [0.29, 0.717) is 19.6 Å². The molecule has 1 aromatic carbocycles. The van der Waals surface area contributed by atoms with Crippen LogP contribution in [0.2, 0.25) is 0 Å². The number of likely N-dealkylation sites (tertiary alicyclic amines) is 1. The Bertz CT molecular complexity index is 792. The van der Waals surface area contributed by atoms with Crippen LogP contribution in [0.5, 0.6) is 0 Å². The number of hydrogen-bond acceptors (Lipinski definition) is 4. The number of carbonyl (C=O) groups is 2. The summed E-state index contributed by atoms with van der Waals surface area (Å²) in [5.74, 6) is -0.711. The Hall–Kier alpha value is -2.18. The molecule has 2 aromatic rings. The van der Waals surface area contributed by atoms with Gasteiger partial charge in [-0.25, -0.2) is 0 Å². The minimum Gasteiger partial charge on any atom is -0.480 e. The average Bonchev–Trinajstić information content (AvgIpc) is 3.16. The van der Waals surface area contributed by atoms with Crippen molar-refractivity contribution in [2.45, 2.75) is 32.7 Å². The predicted octanol–water partition coefficient (Wildman–Crippen LogP) is 3.73. The van der Waals surface area contributed by atoms with Crippen LogP contribution in [0.3, 0.4) is 0 Å². The summed E-state index contributed by atoms with van der Waals surface area (Å²) in [6.07, 6.45) is 1.64. The molecule has 5 nitrogen and oxygen atoms in total. The van der Waals surface area contributed by atoms with Crippen LogP contribution < -0.4 is 0 Å². The molecular weight excluding hydrogens is 360 g/mol. The summed E-state index contributed by atoms with van der Waals surface area (Å²) in [4.78, 5) is 28.8. The predicted molar refractivity (Wildman–Crippen MR) is 108 cm³/mol. The topological polar surface area (TPSA) is 60.9 Å². The zero-order valence-corrected chi connectivity index (χ0v) is 16.7. The van der Waals surface area contributed by atoms with E-state index in [4.69, 9.17) is 5.11 Å². The smallest absolute Gasteiger partial charge is 0.317 e. The van der Waals surface area contributed by atoms with E-state index in [1.54, 1.807) is 0 Å². The Kier molecular flexibility index (Phi) is 6.29. The van der Waals surface area contributed by atoms with Crippen LogP contribution in [0.15, 0.2) is 35.7 Å². The molecule has 0 atom stereocenters. The van der Waals surface area contributed by atoms with Crippen LogP contribution in [0, 0.1) is 6.92 Å². The van der Waals surface area contributed by atoms with Crippen molar-refractivity contribution >= 4 is 23.2 Å². The molecule has 1 N–H and O–H groups in total. The zero-order chi connectivity index (χ0) is 19.4. The minimum atomic E-state index is -0.795. The number of hydrogen-bond donors (Lipinski definition) is 1. The second kappa shape index (κ2) is 8.67. The van der Waals surface area contributed by atoms with Gasteiger partial charge in [0.15, 0.2) is 0 Å². The monoisotopic (exact) mass is 386 g/mol. The first kappa shape index (κ1) is 19.6. The number of aryl methyl sites for hydroxylation is 1. The van der Waals surface area contributed by atoms with Gasteiger partial charge in [-0.2, -0.15) is 0 Å². The van der Waals surface area contributed by atoms with Crippen molar-refractivity contribution < 1.29 is 14.7 Å². The van der Waals surface area contributed by atoms with E-state index < -0.39 is 5.97 Å². The molecule has 144 valence electrons. The number of carboxylic acid groups (broad SMARTS) is 1. The summed E-state index contributed by atoms with van der Waals surface area (Å²) >= 11 is 1.49. The van der Waals surface area contributed by atoms with Gasteiger partial charge < -0.3 is 10.0 Å². The number of carboxylic acids is 1. The first-order chi connectivity index (χ1) is 13.0. The van der Waals surface area contributed by atoms with Crippen LogP contribution in [-0.2, 0) is 4.79 Å². The highest BCUT2D eigenvalue weighted by Crippen LogP contribution is 2.30. The van der Waals surface area contributed by atoms with E-state index in [0.717, 1.165) is 28.8 Å². The van der Waals surface area contributed by atoms with Gasteiger partial charge in [0.05, 0.1) is 11.4 Å². The summed E-state index contributed by atoms with van der Waals surface area (Å²) in [6.45, 7) is 6.16. The third-order valence-electron chi connectivity index (χ3n) is 5.23. The Morgan fingerprint density at radius 3 is 2.44 bits per heavy atom. The number of benzene rings is 1. The first-order valence-corrected chi connectivity index (χ1v) is 10.3. The van der Waals surface area contributed by atoms with E-state index in [9.17, 15) is 9.59 Å². The Labute approximate surface area is 164 Å². The normalized spacial score (nSPS) is 15.3. The number of amides is 1. The number of thiophene rings is 1. The fourth-order valence-corrected chi connectivity index (χ4v) is 4.57. The van der Waals surface area contributed by atoms with Crippen LogP contribution in [0.1, 0.15) is 35.0 Å². The number of aliphatic carboxylic acids is 1. The fraction of sp³-hybridized carbons (Fsp3) is 0.429. The summed E-state index contributed by atoms with van der Waals surface area (Å²) in [5, 5.41) is 11.0. The van der Waals surface area contributed by atoms with Gasteiger partial charge >= 0.3 is 5.97 Å². The molecule has 27 heavy (non-hydrogen) atoms. The fourth-order valence-electron chi connectivity index (χ4n) is 3.69. The molecule has 0 bridgehead atoms. The quantitative estimate of drug-likeness (QED) is 0.822. The highest BCUT2D eigenvalue weighted by atomic mass is 32.1. The largest absolute Gasteiger partial charge is 0.480 e. The number of nitrogens with zero attached hydrogens (tertiary/aromatic N) is 2. The molecule has 0 radical (unpaired) electrons.